The second-order valence-electron chi connectivity index (χ2n) is 6.41. The molecule has 1 aromatic carbocycles. The highest BCUT2D eigenvalue weighted by Crippen LogP contribution is 2.46. The van der Waals surface area contributed by atoms with Crippen LogP contribution in [0.4, 0.5) is 0 Å². The molecule has 0 unspecified atom stereocenters. The Morgan fingerprint density at radius 2 is 1.59 bits per heavy atom. The summed E-state index contributed by atoms with van der Waals surface area (Å²) in [5.74, 6) is 1.01. The zero-order valence-corrected chi connectivity index (χ0v) is 11.8. The van der Waals surface area contributed by atoms with Gasteiger partial charge in [0.2, 0.25) is 0 Å². The molecule has 2 rings (SSSR count). The molecule has 1 nitrogen and oxygen atoms in total. The van der Waals surface area contributed by atoms with Crippen molar-refractivity contribution in [3.8, 4) is 5.75 Å². The van der Waals surface area contributed by atoms with Crippen LogP contribution in [0, 0.1) is 0 Å². The van der Waals surface area contributed by atoms with Crippen LogP contribution in [0.15, 0.2) is 18.2 Å². The van der Waals surface area contributed by atoms with Crippen LogP contribution in [-0.4, -0.2) is 6.61 Å². The van der Waals surface area contributed by atoms with Crippen molar-refractivity contribution in [3.05, 3.63) is 29.3 Å². The smallest absolute Gasteiger partial charge is 0.119 e. The topological polar surface area (TPSA) is 9.23 Å². The fraction of sp³-hybridized carbons (Fsp3) is 0.625. The van der Waals surface area contributed by atoms with Crippen LogP contribution in [-0.2, 0) is 10.8 Å². The molecule has 0 N–H and O–H groups in total. The van der Waals surface area contributed by atoms with Gasteiger partial charge in [-0.2, -0.15) is 0 Å². The van der Waals surface area contributed by atoms with Gasteiger partial charge >= 0.3 is 0 Å². The van der Waals surface area contributed by atoms with Gasteiger partial charge in [0.25, 0.3) is 0 Å². The SMILES string of the molecule is CCOc1ccc2c(c1)C(C)(C)CCC2(C)C. The molecular weight excluding hydrogens is 208 g/mol. The summed E-state index contributed by atoms with van der Waals surface area (Å²) in [7, 11) is 0. The van der Waals surface area contributed by atoms with Crippen molar-refractivity contribution in [2.24, 2.45) is 0 Å². The van der Waals surface area contributed by atoms with Crippen LogP contribution >= 0.6 is 0 Å². The van der Waals surface area contributed by atoms with E-state index in [0.29, 0.717) is 5.41 Å². The molecule has 0 saturated heterocycles. The first-order valence-electron chi connectivity index (χ1n) is 6.65. The average Bonchev–Trinajstić information content (AvgIpc) is 2.26. The second kappa shape index (κ2) is 4.04. The predicted octanol–water partition coefficient (Wildman–Crippen LogP) is 4.43. The fourth-order valence-electron chi connectivity index (χ4n) is 2.82. The molecule has 1 aliphatic carbocycles. The summed E-state index contributed by atoms with van der Waals surface area (Å²) in [5.41, 5.74) is 3.55. The van der Waals surface area contributed by atoms with Crippen molar-refractivity contribution >= 4 is 0 Å². The first kappa shape index (κ1) is 12.5. The molecule has 0 atom stereocenters. The van der Waals surface area contributed by atoms with E-state index in [1.54, 1.807) is 0 Å². The first-order chi connectivity index (χ1) is 7.87. The van der Waals surface area contributed by atoms with Gasteiger partial charge in [0.15, 0.2) is 0 Å². The predicted molar refractivity (Wildman–Crippen MR) is 72.9 cm³/mol. The summed E-state index contributed by atoms with van der Waals surface area (Å²) in [6, 6.07) is 6.63. The van der Waals surface area contributed by atoms with Gasteiger partial charge in [0, 0.05) is 0 Å². The molecule has 0 bridgehead atoms. The van der Waals surface area contributed by atoms with Gasteiger partial charge in [-0.05, 0) is 53.9 Å². The molecule has 0 spiro atoms. The zero-order chi connectivity index (χ0) is 12.7. The third kappa shape index (κ3) is 2.20. The van der Waals surface area contributed by atoms with Crippen LogP contribution in [0.25, 0.3) is 0 Å². The molecule has 1 aromatic rings. The molecule has 0 amide bonds. The maximum absolute atomic E-state index is 5.63. The van der Waals surface area contributed by atoms with E-state index in [4.69, 9.17) is 4.74 Å². The van der Waals surface area contributed by atoms with E-state index < -0.39 is 0 Å². The lowest BCUT2D eigenvalue weighted by Crippen LogP contribution is -2.33. The van der Waals surface area contributed by atoms with Crippen LogP contribution in [0.3, 0.4) is 0 Å². The molecule has 0 aliphatic heterocycles. The Hall–Kier alpha value is -0.980. The first-order valence-corrected chi connectivity index (χ1v) is 6.65. The lowest BCUT2D eigenvalue weighted by atomic mass is 9.63. The van der Waals surface area contributed by atoms with E-state index in [2.05, 4.69) is 45.9 Å². The fourth-order valence-corrected chi connectivity index (χ4v) is 2.82. The normalized spacial score (nSPS) is 20.8. The maximum atomic E-state index is 5.63. The monoisotopic (exact) mass is 232 g/mol. The Kier molecular flexibility index (Phi) is 2.97. The summed E-state index contributed by atoms with van der Waals surface area (Å²) < 4.78 is 5.63. The van der Waals surface area contributed by atoms with Crippen LogP contribution in [0.5, 0.6) is 5.75 Å². The Morgan fingerprint density at radius 1 is 1.00 bits per heavy atom. The quantitative estimate of drug-likeness (QED) is 0.732. The van der Waals surface area contributed by atoms with Crippen LogP contribution in [0.1, 0.15) is 58.6 Å². The Morgan fingerprint density at radius 3 is 2.18 bits per heavy atom. The molecule has 0 radical (unpaired) electrons. The lowest BCUT2D eigenvalue weighted by molar-refractivity contribution is 0.319. The molecule has 0 fully saturated rings. The van der Waals surface area contributed by atoms with Gasteiger partial charge in [-0.15, -0.1) is 0 Å². The van der Waals surface area contributed by atoms with E-state index in [-0.39, 0.29) is 5.41 Å². The Bertz CT molecular complexity index is 416. The molecule has 94 valence electrons. The number of rotatable bonds is 2. The molecule has 1 aliphatic rings. The van der Waals surface area contributed by atoms with Crippen molar-refractivity contribution in [3.63, 3.8) is 0 Å². The van der Waals surface area contributed by atoms with Gasteiger partial charge < -0.3 is 4.74 Å². The maximum Gasteiger partial charge on any atom is 0.119 e. The highest BCUT2D eigenvalue weighted by atomic mass is 16.5. The summed E-state index contributed by atoms with van der Waals surface area (Å²) in [4.78, 5) is 0. The third-order valence-corrected chi connectivity index (χ3v) is 4.14. The minimum atomic E-state index is 0.276. The zero-order valence-electron chi connectivity index (χ0n) is 11.8. The standard InChI is InChI=1S/C16H24O/c1-6-17-12-7-8-13-14(11-12)16(4,5)10-9-15(13,2)3/h7-8,11H,6,9-10H2,1-5H3. The van der Waals surface area contributed by atoms with Gasteiger partial charge in [-0.3, -0.25) is 0 Å². The van der Waals surface area contributed by atoms with Crippen LogP contribution < -0.4 is 4.74 Å². The van der Waals surface area contributed by atoms with E-state index in [9.17, 15) is 0 Å². The number of fused-ring (bicyclic) bond motifs is 1. The third-order valence-electron chi connectivity index (χ3n) is 4.14. The summed E-state index contributed by atoms with van der Waals surface area (Å²) in [6.45, 7) is 12.2. The molecule has 17 heavy (non-hydrogen) atoms. The molecule has 0 saturated carbocycles. The van der Waals surface area contributed by atoms with E-state index in [1.165, 1.54) is 24.0 Å². The number of hydrogen-bond donors (Lipinski definition) is 0. The minimum Gasteiger partial charge on any atom is -0.494 e. The molecular formula is C16H24O. The summed E-state index contributed by atoms with van der Waals surface area (Å²) in [6.07, 6.45) is 2.52. The summed E-state index contributed by atoms with van der Waals surface area (Å²) in [5, 5.41) is 0. The Balaban J connectivity index is 2.52. The second-order valence-corrected chi connectivity index (χ2v) is 6.41. The lowest BCUT2D eigenvalue weighted by Gasteiger charge is -2.41. The van der Waals surface area contributed by atoms with Crippen molar-refractivity contribution < 1.29 is 4.74 Å². The molecule has 1 heteroatoms. The number of ether oxygens (including phenoxy) is 1. The van der Waals surface area contributed by atoms with E-state index >= 15 is 0 Å². The Labute approximate surface area is 105 Å². The minimum absolute atomic E-state index is 0.276. The molecule has 0 heterocycles. The largest absolute Gasteiger partial charge is 0.494 e. The van der Waals surface area contributed by atoms with Crippen molar-refractivity contribution in [1.29, 1.82) is 0 Å². The van der Waals surface area contributed by atoms with Crippen molar-refractivity contribution in [2.45, 2.75) is 58.3 Å². The van der Waals surface area contributed by atoms with Gasteiger partial charge in [0.1, 0.15) is 5.75 Å². The average molecular weight is 232 g/mol. The van der Waals surface area contributed by atoms with E-state index in [0.717, 1.165) is 12.4 Å². The van der Waals surface area contributed by atoms with E-state index in [1.807, 2.05) is 6.92 Å². The van der Waals surface area contributed by atoms with Gasteiger partial charge in [0.05, 0.1) is 6.61 Å². The van der Waals surface area contributed by atoms with Gasteiger partial charge in [-0.1, -0.05) is 33.8 Å². The molecule has 0 aromatic heterocycles. The number of hydrogen-bond acceptors (Lipinski definition) is 1. The van der Waals surface area contributed by atoms with Gasteiger partial charge in [-0.25, -0.2) is 0 Å². The van der Waals surface area contributed by atoms with Crippen LogP contribution in [0.2, 0.25) is 0 Å². The van der Waals surface area contributed by atoms with Crippen molar-refractivity contribution in [1.82, 2.24) is 0 Å². The summed E-state index contributed by atoms with van der Waals surface area (Å²) >= 11 is 0. The highest BCUT2D eigenvalue weighted by Gasteiger charge is 2.36. The highest BCUT2D eigenvalue weighted by molar-refractivity contribution is 5.45. The van der Waals surface area contributed by atoms with Crippen molar-refractivity contribution in [2.75, 3.05) is 6.61 Å². The number of benzene rings is 1.